The van der Waals surface area contributed by atoms with E-state index in [9.17, 15) is 22.8 Å². The fourth-order valence-corrected chi connectivity index (χ4v) is 1.28. The second kappa shape index (κ2) is 4.92. The van der Waals surface area contributed by atoms with E-state index in [1.165, 1.54) is 0 Å². The number of benzene rings is 1. The van der Waals surface area contributed by atoms with E-state index < -0.39 is 34.6 Å². The van der Waals surface area contributed by atoms with Gasteiger partial charge >= 0.3 is 0 Å². The van der Waals surface area contributed by atoms with Crippen LogP contribution < -0.4 is 10.9 Å². The average molecular weight is 269 g/mol. The van der Waals surface area contributed by atoms with Crippen LogP contribution >= 0.6 is 0 Å². The Hall–Kier alpha value is -2.64. The number of aromatic amines is 1. The van der Waals surface area contributed by atoms with Gasteiger partial charge in [0.05, 0.1) is 11.9 Å². The van der Waals surface area contributed by atoms with E-state index in [0.29, 0.717) is 6.07 Å². The second-order valence-corrected chi connectivity index (χ2v) is 3.47. The molecular formula is C11H6F3N3O2. The Bertz CT molecular complexity index is 680. The first-order valence-corrected chi connectivity index (χ1v) is 4.98. The number of H-pyrrole nitrogens is 1. The summed E-state index contributed by atoms with van der Waals surface area (Å²) in [5, 5.41) is 2.01. The van der Waals surface area contributed by atoms with Crippen molar-refractivity contribution in [3.8, 4) is 0 Å². The van der Waals surface area contributed by atoms with E-state index in [2.05, 4.69) is 9.97 Å². The third-order valence-corrected chi connectivity index (χ3v) is 2.19. The summed E-state index contributed by atoms with van der Waals surface area (Å²) in [6.45, 7) is 0. The number of carbonyl (C=O) groups is 1. The SMILES string of the molecule is O=C(Nc1ccc(F)c(F)c1F)c1c[nH]c(=O)cn1. The molecule has 2 rings (SSSR count). The molecule has 1 amide bonds. The highest BCUT2D eigenvalue weighted by Crippen LogP contribution is 2.19. The number of halogens is 3. The number of hydrogen-bond donors (Lipinski definition) is 2. The monoisotopic (exact) mass is 269 g/mol. The summed E-state index contributed by atoms with van der Waals surface area (Å²) in [5.74, 6) is -5.44. The normalized spacial score (nSPS) is 10.3. The Kier molecular flexibility index (Phi) is 3.32. The summed E-state index contributed by atoms with van der Waals surface area (Å²) in [6, 6.07) is 1.55. The van der Waals surface area contributed by atoms with Crippen molar-refractivity contribution in [1.82, 2.24) is 9.97 Å². The topological polar surface area (TPSA) is 74.8 Å². The van der Waals surface area contributed by atoms with Gasteiger partial charge in [0.15, 0.2) is 17.5 Å². The van der Waals surface area contributed by atoms with Gasteiger partial charge in [0.2, 0.25) is 0 Å². The molecule has 0 aliphatic heterocycles. The Labute approximate surface area is 104 Å². The van der Waals surface area contributed by atoms with Crippen LogP contribution in [0.1, 0.15) is 10.5 Å². The lowest BCUT2D eigenvalue weighted by Crippen LogP contribution is -2.18. The number of aromatic nitrogens is 2. The van der Waals surface area contributed by atoms with Gasteiger partial charge in [0.1, 0.15) is 5.69 Å². The average Bonchev–Trinajstić information content (AvgIpc) is 2.40. The van der Waals surface area contributed by atoms with E-state index in [4.69, 9.17) is 0 Å². The van der Waals surface area contributed by atoms with Gasteiger partial charge in [-0.15, -0.1) is 0 Å². The Morgan fingerprint density at radius 2 is 1.95 bits per heavy atom. The molecule has 8 heteroatoms. The third-order valence-electron chi connectivity index (χ3n) is 2.19. The maximum atomic E-state index is 13.3. The van der Waals surface area contributed by atoms with Crippen LogP contribution in [-0.4, -0.2) is 15.9 Å². The molecule has 2 N–H and O–H groups in total. The molecule has 0 unspecified atom stereocenters. The lowest BCUT2D eigenvalue weighted by Gasteiger charge is -2.06. The van der Waals surface area contributed by atoms with Crippen LogP contribution in [0.3, 0.4) is 0 Å². The minimum atomic E-state index is -1.69. The number of carbonyl (C=O) groups excluding carboxylic acids is 1. The van der Waals surface area contributed by atoms with E-state index >= 15 is 0 Å². The van der Waals surface area contributed by atoms with Gasteiger partial charge in [-0.25, -0.2) is 18.2 Å². The van der Waals surface area contributed by atoms with Gasteiger partial charge in [-0.1, -0.05) is 0 Å². The zero-order chi connectivity index (χ0) is 14.0. The molecule has 5 nitrogen and oxygen atoms in total. The quantitative estimate of drug-likeness (QED) is 0.810. The molecular weight excluding hydrogens is 263 g/mol. The first-order chi connectivity index (χ1) is 8.99. The molecule has 98 valence electrons. The van der Waals surface area contributed by atoms with Crippen LogP contribution in [0.25, 0.3) is 0 Å². The van der Waals surface area contributed by atoms with E-state index in [0.717, 1.165) is 18.5 Å². The first-order valence-electron chi connectivity index (χ1n) is 4.98. The van der Waals surface area contributed by atoms with Crippen LogP contribution in [0.4, 0.5) is 18.9 Å². The highest BCUT2D eigenvalue weighted by atomic mass is 19.2. The third kappa shape index (κ3) is 2.62. The van der Waals surface area contributed by atoms with E-state index in [1.54, 1.807) is 0 Å². The predicted molar refractivity (Wildman–Crippen MR) is 59.1 cm³/mol. The van der Waals surface area contributed by atoms with Crippen molar-refractivity contribution >= 4 is 11.6 Å². The summed E-state index contributed by atoms with van der Waals surface area (Å²) in [4.78, 5) is 28.0. The molecule has 0 spiro atoms. The van der Waals surface area contributed by atoms with Crippen LogP contribution in [-0.2, 0) is 0 Å². The second-order valence-electron chi connectivity index (χ2n) is 3.47. The number of anilines is 1. The Balaban J connectivity index is 2.27. The van der Waals surface area contributed by atoms with E-state index in [-0.39, 0.29) is 5.69 Å². The van der Waals surface area contributed by atoms with Crippen molar-refractivity contribution < 1.29 is 18.0 Å². The minimum absolute atomic E-state index is 0.205. The van der Waals surface area contributed by atoms with Gasteiger partial charge in [0.25, 0.3) is 11.5 Å². The molecule has 1 aromatic heterocycles. The lowest BCUT2D eigenvalue weighted by atomic mass is 10.2. The van der Waals surface area contributed by atoms with Crippen molar-refractivity contribution in [2.75, 3.05) is 5.32 Å². The van der Waals surface area contributed by atoms with Crippen molar-refractivity contribution in [2.24, 2.45) is 0 Å². The number of nitrogens with one attached hydrogen (secondary N) is 2. The number of nitrogens with zero attached hydrogens (tertiary/aromatic N) is 1. The van der Waals surface area contributed by atoms with Crippen molar-refractivity contribution in [3.05, 3.63) is 58.0 Å². The standard InChI is InChI=1S/C11H6F3N3O2/c12-5-1-2-6(10(14)9(5)13)17-11(19)7-3-16-8(18)4-15-7/h1-4H,(H,16,18)(H,17,19). The maximum absolute atomic E-state index is 13.3. The maximum Gasteiger partial charge on any atom is 0.275 e. The largest absolute Gasteiger partial charge is 0.325 e. The van der Waals surface area contributed by atoms with Crippen molar-refractivity contribution in [3.63, 3.8) is 0 Å². The molecule has 1 aromatic carbocycles. The number of rotatable bonds is 2. The van der Waals surface area contributed by atoms with Gasteiger partial charge < -0.3 is 10.3 Å². The molecule has 1 heterocycles. The molecule has 0 aliphatic rings. The molecule has 0 radical (unpaired) electrons. The van der Waals surface area contributed by atoms with Gasteiger partial charge in [0, 0.05) is 6.20 Å². The van der Waals surface area contributed by atoms with Crippen LogP contribution in [0.15, 0.2) is 29.3 Å². The van der Waals surface area contributed by atoms with Crippen molar-refractivity contribution in [1.29, 1.82) is 0 Å². The molecule has 0 saturated heterocycles. The molecule has 0 aliphatic carbocycles. The van der Waals surface area contributed by atoms with Crippen LogP contribution in [0, 0.1) is 17.5 Å². The summed E-state index contributed by atoms with van der Waals surface area (Å²) < 4.78 is 38.9. The molecule has 19 heavy (non-hydrogen) atoms. The van der Waals surface area contributed by atoms with Crippen molar-refractivity contribution in [2.45, 2.75) is 0 Å². The highest BCUT2D eigenvalue weighted by Gasteiger charge is 2.16. The van der Waals surface area contributed by atoms with Crippen LogP contribution in [0.5, 0.6) is 0 Å². The molecule has 0 bridgehead atoms. The van der Waals surface area contributed by atoms with E-state index in [1.807, 2.05) is 5.32 Å². The predicted octanol–water partition coefficient (Wildman–Crippen LogP) is 1.44. The molecule has 0 saturated carbocycles. The highest BCUT2D eigenvalue weighted by molar-refractivity contribution is 6.02. The zero-order valence-electron chi connectivity index (χ0n) is 9.21. The lowest BCUT2D eigenvalue weighted by molar-refractivity contribution is 0.102. The number of hydrogen-bond acceptors (Lipinski definition) is 3. The number of amides is 1. The molecule has 0 atom stereocenters. The first kappa shape index (κ1) is 12.8. The van der Waals surface area contributed by atoms with Gasteiger partial charge in [-0.3, -0.25) is 9.59 Å². The Morgan fingerprint density at radius 1 is 1.21 bits per heavy atom. The fraction of sp³-hybridized carbons (Fsp3) is 0. The summed E-state index contributed by atoms with van der Waals surface area (Å²) in [7, 11) is 0. The summed E-state index contributed by atoms with van der Waals surface area (Å²) >= 11 is 0. The Morgan fingerprint density at radius 3 is 2.58 bits per heavy atom. The van der Waals surface area contributed by atoms with Gasteiger partial charge in [-0.05, 0) is 12.1 Å². The zero-order valence-corrected chi connectivity index (χ0v) is 9.21. The molecule has 2 aromatic rings. The van der Waals surface area contributed by atoms with Crippen LogP contribution in [0.2, 0.25) is 0 Å². The summed E-state index contributed by atoms with van der Waals surface area (Å²) in [6.07, 6.45) is 1.87. The molecule has 0 fully saturated rings. The summed E-state index contributed by atoms with van der Waals surface area (Å²) in [5.41, 5.74) is -1.25. The fourth-order valence-electron chi connectivity index (χ4n) is 1.28. The van der Waals surface area contributed by atoms with Gasteiger partial charge in [-0.2, -0.15) is 0 Å². The smallest absolute Gasteiger partial charge is 0.275 e. The minimum Gasteiger partial charge on any atom is -0.325 e.